The molecule has 9 atom stereocenters. The first-order chi connectivity index (χ1) is 62.9. The number of nitrogens with two attached hydrogens (primary N) is 5. The number of para-hydroxylation sites is 1. The van der Waals surface area contributed by atoms with E-state index in [1.807, 2.05) is 24.3 Å². The number of fused-ring (bicyclic) bond motifs is 1. The Morgan fingerprint density at radius 1 is 0.557 bits per heavy atom. The number of hydrogen-bond acceptors (Lipinski definition) is 24. The number of guanidine groups is 2. The number of Topliss-reactive ketones (excluding diaryl/α,β-unsaturated/α-hetero) is 3. The van der Waals surface area contributed by atoms with E-state index in [2.05, 4.69) is 94.1 Å². The lowest BCUT2D eigenvalue weighted by Crippen LogP contribution is -2.61. The van der Waals surface area contributed by atoms with Crippen molar-refractivity contribution in [2.24, 2.45) is 38.7 Å². The molecule has 42 nitrogen and oxygen atoms in total. The molecule has 4 aromatic rings. The lowest BCUT2D eigenvalue weighted by atomic mass is 9.99. The number of benzene rings is 2. The van der Waals surface area contributed by atoms with Gasteiger partial charge in [0.25, 0.3) is 0 Å². The molecule has 1 fully saturated rings. The Morgan fingerprint density at radius 2 is 1.14 bits per heavy atom. The fourth-order valence-electron chi connectivity index (χ4n) is 14.7. The Morgan fingerprint density at radius 3 is 1.79 bits per heavy atom. The summed E-state index contributed by atoms with van der Waals surface area (Å²) in [5.74, 6) is -10.4. The number of aromatic amines is 2. The van der Waals surface area contributed by atoms with Gasteiger partial charge in [0.05, 0.1) is 38.2 Å². The van der Waals surface area contributed by atoms with Crippen molar-refractivity contribution in [1.29, 1.82) is 0 Å². The minimum atomic E-state index is -3.70. The van der Waals surface area contributed by atoms with Gasteiger partial charge in [-0.3, -0.25) is 72.3 Å². The highest BCUT2D eigenvalue weighted by Crippen LogP contribution is 2.22. The lowest BCUT2D eigenvalue weighted by Gasteiger charge is -2.28. The third-order valence-corrected chi connectivity index (χ3v) is 23.7. The van der Waals surface area contributed by atoms with Crippen molar-refractivity contribution in [3.8, 4) is 0 Å². The zero-order chi connectivity index (χ0) is 95.6. The van der Waals surface area contributed by atoms with Crippen LogP contribution in [0.4, 0.5) is 4.79 Å². The van der Waals surface area contributed by atoms with Crippen molar-refractivity contribution in [3.05, 3.63) is 77.7 Å². The molecule has 1 aliphatic rings. The van der Waals surface area contributed by atoms with E-state index in [1.165, 1.54) is 45.4 Å². The molecule has 24 N–H and O–H groups in total. The van der Waals surface area contributed by atoms with Gasteiger partial charge in [0.2, 0.25) is 59.1 Å². The lowest BCUT2D eigenvalue weighted by molar-refractivity contribution is -0.136. The van der Waals surface area contributed by atoms with Crippen molar-refractivity contribution < 1.29 is 90.1 Å². The molecule has 131 heavy (non-hydrogen) atoms. The number of carbonyl (C=O) groups excluding carboxylic acids is 14. The Kier molecular flexibility index (Phi) is 53.2. The molecule has 5 rings (SSSR count). The van der Waals surface area contributed by atoms with E-state index >= 15 is 14.4 Å². The molecule has 0 unspecified atom stereocenters. The molecular formula is C88H141N23O19S. The van der Waals surface area contributed by atoms with Gasteiger partial charge >= 0.3 is 6.03 Å². The normalized spacial score (nSPS) is 17.7. The van der Waals surface area contributed by atoms with Crippen molar-refractivity contribution in [1.82, 2.24) is 84.1 Å². The number of amides is 12. The van der Waals surface area contributed by atoms with Crippen LogP contribution in [0.2, 0.25) is 0 Å². The highest BCUT2D eigenvalue weighted by atomic mass is 32.2. The van der Waals surface area contributed by atoms with Gasteiger partial charge in [-0.1, -0.05) is 157 Å². The number of H-pyrrole nitrogens is 2. The largest absolute Gasteiger partial charge is 0.394 e. The van der Waals surface area contributed by atoms with Gasteiger partial charge in [-0.05, 0) is 108 Å². The third-order valence-electron chi connectivity index (χ3n) is 22.0. The number of carbonyl (C=O) groups is 14. The topological polar surface area (TPSA) is 669 Å². The van der Waals surface area contributed by atoms with E-state index < -0.39 is 154 Å². The number of tetrazole rings is 1. The number of hydrogen-bond donors (Lipinski definition) is 19. The molecule has 1 aliphatic heterocycles. The van der Waals surface area contributed by atoms with E-state index in [0.29, 0.717) is 36.8 Å². The summed E-state index contributed by atoms with van der Waals surface area (Å²) in [5, 5.41) is 54.5. The summed E-state index contributed by atoms with van der Waals surface area (Å²) >= 11 is 0. The van der Waals surface area contributed by atoms with Crippen LogP contribution in [0.3, 0.4) is 0 Å². The third kappa shape index (κ3) is 47.2. The number of ether oxygens (including phenoxy) is 2. The Hall–Kier alpha value is -11.6. The molecule has 1 saturated heterocycles. The number of sulfone groups is 1. The molecule has 728 valence electrons. The molecule has 43 heteroatoms. The fourth-order valence-corrected chi connectivity index (χ4v) is 16.1. The Balaban J connectivity index is 1.21. The first kappa shape index (κ1) is 110. The highest BCUT2D eigenvalue weighted by molar-refractivity contribution is 7.92. The number of aliphatic imine (C=N–C) groups is 2. The van der Waals surface area contributed by atoms with Crippen LogP contribution in [0.25, 0.3) is 10.9 Å². The number of nitrogens with one attached hydrogen (secondary N) is 13. The van der Waals surface area contributed by atoms with E-state index in [1.54, 1.807) is 43.5 Å². The summed E-state index contributed by atoms with van der Waals surface area (Å²) in [6, 6.07) is 1.62. The second kappa shape index (κ2) is 63.4. The van der Waals surface area contributed by atoms with E-state index in [0.717, 1.165) is 61.7 Å². The molecule has 0 radical (unpaired) electrons. The van der Waals surface area contributed by atoms with Gasteiger partial charge in [-0.25, -0.2) is 13.2 Å². The molecule has 0 bridgehead atoms. The van der Waals surface area contributed by atoms with Crippen LogP contribution in [0.15, 0.2) is 70.8 Å². The maximum Gasteiger partial charge on any atom is 0.312 e. The maximum atomic E-state index is 15.0. The molecule has 12 amide bonds. The number of primary amides is 1. The number of nitrogens with zero attached hydrogens (tertiary/aromatic N) is 5. The minimum absolute atomic E-state index is 0.00358. The smallest absolute Gasteiger partial charge is 0.312 e. The number of aryl methyl sites for hydroxylation is 1. The van der Waals surface area contributed by atoms with E-state index in [-0.39, 0.29) is 191 Å². The predicted octanol–water partition coefficient (Wildman–Crippen LogP) is 1.09. The molecule has 2 aromatic carbocycles. The Labute approximate surface area is 765 Å². The highest BCUT2D eigenvalue weighted by Gasteiger charge is 2.37. The number of aliphatic hydroxyl groups is 1. The van der Waals surface area contributed by atoms with Gasteiger partial charge in [-0.2, -0.15) is 5.21 Å². The summed E-state index contributed by atoms with van der Waals surface area (Å²) in [7, 11) is -3.70. The average molecular weight is 1860 g/mol. The van der Waals surface area contributed by atoms with Crippen LogP contribution in [0.1, 0.15) is 236 Å². The maximum absolute atomic E-state index is 15.0. The summed E-state index contributed by atoms with van der Waals surface area (Å²) in [6.45, 7) is 1.31. The first-order valence-electron chi connectivity index (χ1n) is 45.9. The van der Waals surface area contributed by atoms with E-state index in [9.17, 15) is 66.3 Å². The fraction of sp³-hybridized carbons (Fsp3) is 0.648. The second-order valence-corrected chi connectivity index (χ2v) is 35.2. The molecule has 0 saturated carbocycles. The predicted molar refractivity (Wildman–Crippen MR) is 491 cm³/mol. The van der Waals surface area contributed by atoms with Crippen molar-refractivity contribution >= 4 is 115 Å². The van der Waals surface area contributed by atoms with E-state index in [4.69, 9.17) is 38.1 Å². The molecule has 0 aliphatic carbocycles. The van der Waals surface area contributed by atoms with Crippen LogP contribution in [0.5, 0.6) is 0 Å². The Bertz CT molecular complexity index is 4380. The molecule has 2 aromatic heterocycles. The summed E-state index contributed by atoms with van der Waals surface area (Å²) in [6.07, 6.45) is 17.3. The number of ketones is 3. The van der Waals surface area contributed by atoms with Crippen LogP contribution in [-0.2, 0) is 101 Å². The second-order valence-electron chi connectivity index (χ2n) is 33.0. The number of rotatable bonds is 58. The molecule has 3 heterocycles. The first-order valence-corrected chi connectivity index (χ1v) is 47.7. The standard InChI is InChI=1S/C88H141N23O19S/c1-3-4-35-68(103-85(125)74(56-112)107-78(118)67(38-26-45-95-86(89)90)99-77(117)57-130-51-50-129-49-48-94-76(116)42-29-52-131(127,128)58-63(115)33-20-14-12-10-8-6-5-7-9-11-13-15-23-41-75-108-110-111-109-75)79(119)104-71-44-43-62(114)32-21-17-22-36-65(59(2)113)100-84(124)73(54-61-55-98-66-37-25-24-34-64(61)66)106-81(121)70(39-27-46-96-87(91)92)102-83(123)72(53-60-30-18-16-19-31-60)105-80(120)69(101-82(71)122)40-28-47-97-88(93)126/h16,18-19,24-25,30-31,34,37,55,65,67-74,98,112H,3-15,17,20-23,26-29,32-33,35-36,38-54,56-58H2,1-2H3,(H,94,116)(H,99,117)(H,100,124)(H,101,122)(H,102,123)(H,103,125)(H,104,119)(H,105,120)(H,106,121)(H,107,118)(H4,89,90,95)(H4,91,92,96)(H3,93,97,126)(H,108,109,110,111)/t65-,67-,68-,69-,70-,71-,72+,73-,74-/m0/s1. The number of urea groups is 1. The summed E-state index contributed by atoms with van der Waals surface area (Å²) in [5.41, 5.74) is 29.7. The zero-order valence-corrected chi connectivity index (χ0v) is 76.6. The van der Waals surface area contributed by atoms with Crippen molar-refractivity contribution in [3.63, 3.8) is 0 Å². The molecule has 0 spiro atoms. The van der Waals surface area contributed by atoms with Crippen LogP contribution in [-0.4, -0.2) is 259 Å². The summed E-state index contributed by atoms with van der Waals surface area (Å²) in [4.78, 5) is 207. The van der Waals surface area contributed by atoms with Gasteiger partial charge in [0, 0.05) is 88.2 Å². The monoisotopic (exact) mass is 1860 g/mol. The zero-order valence-electron chi connectivity index (χ0n) is 75.8. The van der Waals surface area contributed by atoms with Gasteiger partial charge < -0.3 is 107 Å². The molecular weight excluding hydrogens is 1720 g/mol. The quantitative estimate of drug-likeness (QED) is 0.0167. The van der Waals surface area contributed by atoms with Gasteiger partial charge in [0.15, 0.2) is 33.4 Å². The van der Waals surface area contributed by atoms with Crippen molar-refractivity contribution in [2.45, 2.75) is 293 Å². The number of aliphatic hydroxyl groups excluding tert-OH is 1. The number of aromatic nitrogens is 5. The van der Waals surface area contributed by atoms with Crippen molar-refractivity contribution in [2.75, 3.05) is 70.7 Å². The minimum Gasteiger partial charge on any atom is -0.394 e. The van der Waals surface area contributed by atoms with Gasteiger partial charge in [-0.15, -0.1) is 10.2 Å². The summed E-state index contributed by atoms with van der Waals surface area (Å²) < 4.78 is 36.4. The average Bonchev–Trinajstić information content (AvgIpc) is 1.69. The SMILES string of the molecule is CCCC[C@H](NC(=O)[C@H](CO)NC(=O)[C@H](CCCN=C(N)N)NC(=O)COCCOCCNC(=O)CCCS(=O)(=O)CC(=O)CCCCCCCCCCCCCCCc1nn[nH]n1)C(=O)N[C@H]1CCC(=O)CCCCC[C@@H](C(C)=O)NC(=O)[C@H](Cc2c[nH]c3ccccc23)NC(=O)[C@H](CCCN=C(N)N)NC(=O)[C@@H](Cc2ccccc2)NC(=O)[C@H](CCCNC(N)=O)NC1=O. The van der Waals surface area contributed by atoms with Crippen LogP contribution >= 0.6 is 0 Å². The van der Waals surface area contributed by atoms with Crippen LogP contribution < -0.4 is 87.2 Å². The number of unbranched alkanes of at least 4 members (excludes halogenated alkanes) is 13. The van der Waals surface area contributed by atoms with Gasteiger partial charge in [0.1, 0.15) is 72.3 Å². The van der Waals surface area contributed by atoms with Crippen LogP contribution in [0, 0.1) is 0 Å².